The van der Waals surface area contributed by atoms with E-state index < -0.39 is 0 Å². The van der Waals surface area contributed by atoms with Gasteiger partial charge in [-0.2, -0.15) is 9.50 Å². The second-order valence-electron chi connectivity index (χ2n) is 7.02. The smallest absolute Gasteiger partial charge is 0.247 e. The number of pyridine rings is 1. The van der Waals surface area contributed by atoms with Crippen LogP contribution in [0.3, 0.4) is 0 Å². The minimum absolute atomic E-state index is 0.430. The molecule has 7 heteroatoms. The lowest BCUT2D eigenvalue weighted by molar-refractivity contribution is 0.478. The first kappa shape index (κ1) is 15.6. The van der Waals surface area contributed by atoms with Gasteiger partial charge in [-0.25, -0.2) is 0 Å². The highest BCUT2D eigenvalue weighted by Crippen LogP contribution is 2.23. The van der Waals surface area contributed by atoms with Crippen molar-refractivity contribution >= 4 is 23.1 Å². The highest BCUT2D eigenvalue weighted by Gasteiger charge is 2.15. The average molecular weight is 349 g/mol. The number of piperidine rings is 1. The number of rotatable bonds is 4. The molecular weight excluding hydrogens is 326 g/mol. The van der Waals surface area contributed by atoms with E-state index in [2.05, 4.69) is 55.6 Å². The number of benzene rings is 1. The summed E-state index contributed by atoms with van der Waals surface area (Å²) in [5, 5.41) is 18.4. The molecule has 0 saturated carbocycles. The molecule has 5 rings (SSSR count). The zero-order valence-electron chi connectivity index (χ0n) is 14.6. The van der Waals surface area contributed by atoms with Crippen molar-refractivity contribution in [1.82, 2.24) is 25.2 Å². The van der Waals surface area contributed by atoms with Crippen LogP contribution in [0.15, 0.2) is 36.4 Å². The van der Waals surface area contributed by atoms with Crippen LogP contribution < -0.4 is 21.3 Å². The summed E-state index contributed by atoms with van der Waals surface area (Å²) in [5.41, 5.74) is 4.57. The lowest BCUT2D eigenvalue weighted by Crippen LogP contribution is -2.38. The summed E-state index contributed by atoms with van der Waals surface area (Å²) < 4.78 is 1.88. The van der Waals surface area contributed by atoms with Crippen LogP contribution in [-0.4, -0.2) is 33.7 Å². The Morgan fingerprint density at radius 2 is 2.04 bits per heavy atom. The number of hydrogen-bond donors (Lipinski definition) is 4. The van der Waals surface area contributed by atoms with Crippen LogP contribution in [0.1, 0.15) is 24.0 Å². The Hall–Kier alpha value is -2.64. The third-order valence-electron chi connectivity index (χ3n) is 5.10. The molecular formula is C19H23N7. The predicted molar refractivity (Wildman–Crippen MR) is 103 cm³/mol. The molecule has 0 spiro atoms. The average Bonchev–Trinajstić information content (AvgIpc) is 3.29. The van der Waals surface area contributed by atoms with Gasteiger partial charge in [-0.1, -0.05) is 12.1 Å². The van der Waals surface area contributed by atoms with Gasteiger partial charge in [0.1, 0.15) is 5.82 Å². The van der Waals surface area contributed by atoms with Crippen molar-refractivity contribution in [2.24, 2.45) is 0 Å². The molecule has 0 amide bonds. The Bertz CT molecular complexity index is 927. The van der Waals surface area contributed by atoms with Gasteiger partial charge >= 0.3 is 0 Å². The van der Waals surface area contributed by atoms with Gasteiger partial charge in [0.25, 0.3) is 0 Å². The van der Waals surface area contributed by atoms with E-state index in [1.165, 1.54) is 24.0 Å². The van der Waals surface area contributed by atoms with Crippen LogP contribution in [0.25, 0.3) is 5.65 Å². The number of anilines is 3. The molecule has 4 heterocycles. The number of fused-ring (bicyclic) bond motifs is 2. The van der Waals surface area contributed by atoms with E-state index in [1.807, 2.05) is 16.6 Å². The van der Waals surface area contributed by atoms with Crippen molar-refractivity contribution in [1.29, 1.82) is 0 Å². The van der Waals surface area contributed by atoms with Gasteiger partial charge in [0.2, 0.25) is 5.95 Å². The second kappa shape index (κ2) is 6.59. The van der Waals surface area contributed by atoms with Crippen molar-refractivity contribution in [2.75, 3.05) is 23.7 Å². The Morgan fingerprint density at radius 3 is 2.96 bits per heavy atom. The van der Waals surface area contributed by atoms with Crippen molar-refractivity contribution in [3.05, 3.63) is 47.5 Å². The Labute approximate surface area is 152 Å². The number of hydrogen-bond acceptors (Lipinski definition) is 6. The van der Waals surface area contributed by atoms with Gasteiger partial charge in [-0.05, 0) is 54.8 Å². The van der Waals surface area contributed by atoms with Crippen LogP contribution in [0.4, 0.5) is 17.5 Å². The summed E-state index contributed by atoms with van der Waals surface area (Å²) >= 11 is 0. The zero-order valence-corrected chi connectivity index (χ0v) is 14.6. The van der Waals surface area contributed by atoms with Crippen molar-refractivity contribution in [3.8, 4) is 0 Å². The van der Waals surface area contributed by atoms with E-state index in [1.54, 1.807) is 0 Å². The third kappa shape index (κ3) is 3.00. The maximum absolute atomic E-state index is 4.66. The summed E-state index contributed by atoms with van der Waals surface area (Å²) in [6.07, 6.45) is 2.37. The topological polar surface area (TPSA) is 78.3 Å². The molecule has 1 atom stereocenters. The highest BCUT2D eigenvalue weighted by atomic mass is 15.4. The van der Waals surface area contributed by atoms with E-state index in [0.29, 0.717) is 12.0 Å². The minimum atomic E-state index is 0.430. The largest absolute Gasteiger partial charge is 0.366 e. The summed E-state index contributed by atoms with van der Waals surface area (Å²) in [6, 6.07) is 12.9. The molecule has 0 aliphatic carbocycles. The molecule has 134 valence electrons. The highest BCUT2D eigenvalue weighted by molar-refractivity contribution is 5.59. The maximum Gasteiger partial charge on any atom is 0.247 e. The fourth-order valence-electron chi connectivity index (χ4n) is 3.75. The third-order valence-corrected chi connectivity index (χ3v) is 5.10. The lowest BCUT2D eigenvalue weighted by Gasteiger charge is -2.24. The Balaban J connectivity index is 1.40. The lowest BCUT2D eigenvalue weighted by atomic mass is 10.1. The van der Waals surface area contributed by atoms with Gasteiger partial charge in [0, 0.05) is 31.4 Å². The van der Waals surface area contributed by atoms with Gasteiger partial charge < -0.3 is 21.3 Å². The first-order valence-electron chi connectivity index (χ1n) is 9.28. The van der Waals surface area contributed by atoms with Crippen LogP contribution in [-0.2, 0) is 13.1 Å². The Kier molecular flexibility index (Phi) is 3.95. The summed E-state index contributed by atoms with van der Waals surface area (Å²) in [7, 11) is 0. The van der Waals surface area contributed by atoms with Gasteiger partial charge in [-0.3, -0.25) is 0 Å². The fraction of sp³-hybridized carbons (Fsp3) is 0.368. The van der Waals surface area contributed by atoms with Crippen molar-refractivity contribution in [3.63, 3.8) is 0 Å². The van der Waals surface area contributed by atoms with Crippen LogP contribution in [0.2, 0.25) is 0 Å². The molecule has 4 N–H and O–H groups in total. The SMILES string of the molecule is c1cc(N[C@@H]2CCCNC2)n2nc(Nc3ccc4c(c3)CNC4)nc2c1. The zero-order chi connectivity index (χ0) is 17.3. The van der Waals surface area contributed by atoms with E-state index >= 15 is 0 Å². The quantitative estimate of drug-likeness (QED) is 0.579. The van der Waals surface area contributed by atoms with E-state index in [-0.39, 0.29) is 0 Å². The first-order valence-corrected chi connectivity index (χ1v) is 9.28. The monoisotopic (exact) mass is 349 g/mol. The molecule has 0 unspecified atom stereocenters. The summed E-state index contributed by atoms with van der Waals surface area (Å²) in [6.45, 7) is 3.97. The molecule has 0 bridgehead atoms. The molecule has 7 nitrogen and oxygen atoms in total. The summed E-state index contributed by atoms with van der Waals surface area (Å²) in [5.74, 6) is 1.60. The van der Waals surface area contributed by atoms with Gasteiger partial charge in [0.05, 0.1) is 0 Å². The van der Waals surface area contributed by atoms with Crippen LogP contribution in [0.5, 0.6) is 0 Å². The first-order chi connectivity index (χ1) is 12.8. The molecule has 0 radical (unpaired) electrons. The fourth-order valence-corrected chi connectivity index (χ4v) is 3.75. The molecule has 1 saturated heterocycles. The van der Waals surface area contributed by atoms with Crippen molar-refractivity contribution < 1.29 is 0 Å². The number of nitrogens with zero attached hydrogens (tertiary/aromatic N) is 3. The normalized spacial score (nSPS) is 19.5. The number of nitrogens with one attached hydrogen (secondary N) is 4. The second-order valence-corrected chi connectivity index (χ2v) is 7.02. The molecule has 1 aromatic carbocycles. The predicted octanol–water partition coefficient (Wildman–Crippen LogP) is 2.24. The number of aromatic nitrogens is 3. The van der Waals surface area contributed by atoms with E-state index in [0.717, 1.165) is 43.3 Å². The summed E-state index contributed by atoms with van der Waals surface area (Å²) in [4.78, 5) is 4.62. The molecule has 2 aliphatic rings. The Morgan fingerprint density at radius 1 is 1.08 bits per heavy atom. The van der Waals surface area contributed by atoms with E-state index in [9.17, 15) is 0 Å². The van der Waals surface area contributed by atoms with Gasteiger partial charge in [-0.15, -0.1) is 5.10 Å². The maximum atomic E-state index is 4.66. The van der Waals surface area contributed by atoms with E-state index in [4.69, 9.17) is 0 Å². The standard InChI is InChI=1S/C19H23N7/c1-4-17(22-16-3-2-8-20-12-16)26-18(5-1)24-19(25-26)23-15-7-6-13-10-21-11-14(13)9-15/h1,4-7,9,16,20-22H,2-3,8,10-12H2,(H,23,25)/t16-/m1/s1. The molecule has 26 heavy (non-hydrogen) atoms. The van der Waals surface area contributed by atoms with Crippen LogP contribution in [0, 0.1) is 0 Å². The molecule has 1 fully saturated rings. The molecule has 3 aromatic rings. The molecule has 2 aliphatic heterocycles. The minimum Gasteiger partial charge on any atom is -0.366 e. The van der Waals surface area contributed by atoms with Gasteiger partial charge in [0.15, 0.2) is 5.65 Å². The van der Waals surface area contributed by atoms with Crippen LogP contribution >= 0.6 is 0 Å². The van der Waals surface area contributed by atoms with Crippen molar-refractivity contribution in [2.45, 2.75) is 32.0 Å². The molecule has 2 aromatic heterocycles.